The Bertz CT molecular complexity index is 1180. The van der Waals surface area contributed by atoms with Crippen LogP contribution in [0, 0.1) is 0 Å². The van der Waals surface area contributed by atoms with Crippen LogP contribution in [0.3, 0.4) is 0 Å². The van der Waals surface area contributed by atoms with Gasteiger partial charge in [-0.1, -0.05) is 24.3 Å². The second-order valence-corrected chi connectivity index (χ2v) is 12.4. The quantitative estimate of drug-likeness (QED) is 0.615. The second kappa shape index (κ2) is 10.5. The van der Waals surface area contributed by atoms with Crippen molar-refractivity contribution >= 4 is 20.0 Å². The summed E-state index contributed by atoms with van der Waals surface area (Å²) in [6.07, 6.45) is 5.76. The molecule has 9 heteroatoms. The standard InChI is InChI=1S/C23H29NO3S.CH4O3S/c1-24(13-11-17-9-10-18-12-14-28(25,26)23(18)15-17)16-19-5-3-7-21-20(19)6-4-8-22(21)27-2;1-5(2,3)4/h4,6,8-10,15,19H,3,5,7,11-14,16H2,1-2H3;1H3,(H,2,3,4)/t19-;/m0./s1. The van der Waals surface area contributed by atoms with E-state index in [0.29, 0.717) is 23.5 Å². The molecule has 0 unspecified atom stereocenters. The van der Waals surface area contributed by atoms with E-state index in [0.717, 1.165) is 42.8 Å². The van der Waals surface area contributed by atoms with Crippen molar-refractivity contribution in [2.24, 2.45) is 0 Å². The highest BCUT2D eigenvalue weighted by molar-refractivity contribution is 7.91. The summed E-state index contributed by atoms with van der Waals surface area (Å²) < 4.78 is 55.7. The number of methoxy groups -OCH3 is 1. The molecule has 2 aromatic carbocycles. The van der Waals surface area contributed by atoms with Gasteiger partial charge in [0.15, 0.2) is 9.84 Å². The number of hydrogen-bond acceptors (Lipinski definition) is 6. The van der Waals surface area contributed by atoms with Crippen LogP contribution in [-0.4, -0.2) is 65.5 Å². The van der Waals surface area contributed by atoms with Gasteiger partial charge >= 0.3 is 0 Å². The zero-order valence-corrected chi connectivity index (χ0v) is 21.1. The molecule has 7 nitrogen and oxygen atoms in total. The maximum Gasteiger partial charge on any atom is 0.261 e. The minimum atomic E-state index is -3.67. The van der Waals surface area contributed by atoms with Gasteiger partial charge in [0.1, 0.15) is 5.75 Å². The van der Waals surface area contributed by atoms with Crippen molar-refractivity contribution in [1.82, 2.24) is 4.90 Å². The Morgan fingerprint density at radius 2 is 1.91 bits per heavy atom. The molecule has 2 aliphatic rings. The van der Waals surface area contributed by atoms with Gasteiger partial charge < -0.3 is 9.64 Å². The molecular weight excluding hydrogens is 462 g/mol. The number of ether oxygens (including phenoxy) is 1. The highest BCUT2D eigenvalue weighted by Crippen LogP contribution is 2.37. The van der Waals surface area contributed by atoms with Gasteiger partial charge in [-0.25, -0.2) is 8.42 Å². The molecular formula is C24H33NO6S2. The van der Waals surface area contributed by atoms with Crippen LogP contribution >= 0.6 is 0 Å². The summed E-state index contributed by atoms with van der Waals surface area (Å²) in [6.45, 7) is 1.94. The molecule has 1 aliphatic heterocycles. The number of hydrogen-bond donors (Lipinski definition) is 1. The van der Waals surface area contributed by atoms with Crippen LogP contribution in [0.5, 0.6) is 5.75 Å². The van der Waals surface area contributed by atoms with Crippen molar-refractivity contribution in [2.75, 3.05) is 39.3 Å². The molecule has 33 heavy (non-hydrogen) atoms. The predicted octanol–water partition coefficient (Wildman–Crippen LogP) is 3.12. The van der Waals surface area contributed by atoms with Gasteiger partial charge in [0.25, 0.3) is 10.1 Å². The fourth-order valence-corrected chi connectivity index (χ4v) is 6.30. The Morgan fingerprint density at radius 3 is 2.61 bits per heavy atom. The SMILES string of the molecule is COc1cccc2c1CCC[C@H]2CN(C)CCc1ccc2c(c1)S(=O)(=O)CC2.CS(=O)(=O)O. The molecule has 1 atom stereocenters. The Balaban J connectivity index is 0.000000555. The van der Waals surface area contributed by atoms with Crippen molar-refractivity contribution in [3.8, 4) is 5.75 Å². The average molecular weight is 496 g/mol. The van der Waals surface area contributed by atoms with Gasteiger partial charge in [-0.15, -0.1) is 0 Å². The van der Waals surface area contributed by atoms with Crippen molar-refractivity contribution in [1.29, 1.82) is 0 Å². The Kier molecular flexibility index (Phi) is 8.21. The molecule has 0 aromatic heterocycles. The molecule has 0 saturated carbocycles. The highest BCUT2D eigenvalue weighted by Gasteiger charge is 2.26. The molecule has 0 radical (unpaired) electrons. The molecule has 0 amide bonds. The Hall–Kier alpha value is -1.94. The molecule has 0 spiro atoms. The minimum absolute atomic E-state index is 0.260. The monoisotopic (exact) mass is 495 g/mol. The zero-order valence-electron chi connectivity index (χ0n) is 19.5. The first-order chi connectivity index (χ1) is 15.5. The summed E-state index contributed by atoms with van der Waals surface area (Å²) in [5.41, 5.74) is 4.89. The van der Waals surface area contributed by atoms with E-state index in [9.17, 15) is 16.8 Å². The summed E-state index contributed by atoms with van der Waals surface area (Å²) in [5.74, 6) is 1.81. The topological polar surface area (TPSA) is 101 Å². The fraction of sp³-hybridized carbons (Fsp3) is 0.500. The number of fused-ring (bicyclic) bond motifs is 2. The number of rotatable bonds is 6. The van der Waals surface area contributed by atoms with Crippen LogP contribution in [-0.2, 0) is 39.2 Å². The smallest absolute Gasteiger partial charge is 0.261 e. The van der Waals surface area contributed by atoms with Crippen molar-refractivity contribution in [3.05, 3.63) is 58.7 Å². The molecule has 4 rings (SSSR count). The summed E-state index contributed by atoms with van der Waals surface area (Å²) >= 11 is 0. The minimum Gasteiger partial charge on any atom is -0.496 e. The van der Waals surface area contributed by atoms with Crippen molar-refractivity contribution in [3.63, 3.8) is 0 Å². The lowest BCUT2D eigenvalue weighted by Crippen LogP contribution is -2.28. The molecule has 1 heterocycles. The summed E-state index contributed by atoms with van der Waals surface area (Å²) in [6, 6.07) is 12.4. The first-order valence-electron chi connectivity index (χ1n) is 11.1. The van der Waals surface area contributed by atoms with Gasteiger partial charge in [-0.05, 0) is 79.5 Å². The van der Waals surface area contributed by atoms with E-state index < -0.39 is 20.0 Å². The van der Waals surface area contributed by atoms with Crippen LogP contribution in [0.2, 0.25) is 0 Å². The van der Waals surface area contributed by atoms with Crippen molar-refractivity contribution < 1.29 is 26.1 Å². The van der Waals surface area contributed by atoms with E-state index in [-0.39, 0.29) is 5.75 Å². The maximum absolute atomic E-state index is 12.2. The third-order valence-corrected chi connectivity index (χ3v) is 8.02. The maximum atomic E-state index is 12.2. The molecule has 2 aromatic rings. The van der Waals surface area contributed by atoms with Gasteiger partial charge in [0.05, 0.1) is 24.0 Å². The number of likely N-dealkylation sites (N-methyl/N-ethyl adjacent to an activating group) is 1. The van der Waals surface area contributed by atoms with Crippen molar-refractivity contribution in [2.45, 2.75) is 42.9 Å². The van der Waals surface area contributed by atoms with Crippen LogP contribution in [0.1, 0.15) is 41.0 Å². The van der Waals surface area contributed by atoms with E-state index >= 15 is 0 Å². The van der Waals surface area contributed by atoms with Crippen LogP contribution in [0.4, 0.5) is 0 Å². The normalized spacial score (nSPS) is 18.8. The van der Waals surface area contributed by atoms with Gasteiger partial charge in [-0.3, -0.25) is 4.55 Å². The lowest BCUT2D eigenvalue weighted by Gasteiger charge is -2.30. The van der Waals surface area contributed by atoms with Crippen LogP contribution < -0.4 is 4.74 Å². The lowest BCUT2D eigenvalue weighted by molar-refractivity contribution is 0.299. The van der Waals surface area contributed by atoms with E-state index in [1.807, 2.05) is 12.1 Å². The molecule has 1 N–H and O–H groups in total. The summed E-state index contributed by atoms with van der Waals surface area (Å²) in [7, 11) is -2.80. The molecule has 1 aliphatic carbocycles. The third kappa shape index (κ3) is 7.02. The van der Waals surface area contributed by atoms with E-state index in [1.165, 1.54) is 24.0 Å². The third-order valence-electron chi connectivity index (χ3n) is 6.23. The first kappa shape index (κ1) is 25.7. The number of aryl methyl sites for hydroxylation is 1. The first-order valence-corrected chi connectivity index (χ1v) is 14.6. The summed E-state index contributed by atoms with van der Waals surface area (Å²) in [5, 5.41) is 0. The molecule has 182 valence electrons. The molecule has 0 saturated heterocycles. The van der Waals surface area contributed by atoms with E-state index in [4.69, 9.17) is 9.29 Å². The molecule has 0 bridgehead atoms. The Morgan fingerprint density at radius 1 is 1.18 bits per heavy atom. The van der Waals surface area contributed by atoms with E-state index in [2.05, 4.69) is 36.2 Å². The number of nitrogens with zero attached hydrogens (tertiary/aromatic N) is 1. The van der Waals surface area contributed by atoms with Crippen LogP contribution in [0.15, 0.2) is 41.3 Å². The highest BCUT2D eigenvalue weighted by atomic mass is 32.2. The largest absolute Gasteiger partial charge is 0.496 e. The van der Waals surface area contributed by atoms with Gasteiger partial charge in [-0.2, -0.15) is 8.42 Å². The van der Waals surface area contributed by atoms with E-state index in [1.54, 1.807) is 7.11 Å². The zero-order chi connectivity index (χ0) is 24.2. The second-order valence-electron chi connectivity index (χ2n) is 8.87. The number of sulfone groups is 1. The van der Waals surface area contributed by atoms with Gasteiger partial charge in [0, 0.05) is 13.1 Å². The lowest BCUT2D eigenvalue weighted by atomic mass is 9.82. The summed E-state index contributed by atoms with van der Waals surface area (Å²) in [4.78, 5) is 2.93. The number of benzene rings is 2. The Labute approximate surface area is 197 Å². The fourth-order valence-electron chi connectivity index (χ4n) is 4.69. The van der Waals surface area contributed by atoms with Crippen LogP contribution in [0.25, 0.3) is 0 Å². The van der Waals surface area contributed by atoms with Gasteiger partial charge in [0.2, 0.25) is 0 Å². The average Bonchev–Trinajstić information content (AvgIpc) is 3.05. The molecule has 0 fully saturated rings. The predicted molar refractivity (Wildman–Crippen MR) is 130 cm³/mol.